The maximum atomic E-state index is 12.8. The second-order valence-corrected chi connectivity index (χ2v) is 8.51. The van der Waals surface area contributed by atoms with Crippen LogP contribution in [-0.4, -0.2) is 47.2 Å². The van der Waals surface area contributed by atoms with Gasteiger partial charge in [0.15, 0.2) is 0 Å². The number of nitrogens with one attached hydrogen (secondary N) is 3. The summed E-state index contributed by atoms with van der Waals surface area (Å²) in [6, 6.07) is 12.0. The van der Waals surface area contributed by atoms with Crippen molar-refractivity contribution in [3.05, 3.63) is 70.4 Å². The molecule has 0 spiro atoms. The molecule has 3 rings (SSSR count). The number of amides is 1. The lowest BCUT2D eigenvalue weighted by Gasteiger charge is -2.17. The van der Waals surface area contributed by atoms with Gasteiger partial charge in [0.05, 0.1) is 23.8 Å². The molecule has 0 unspecified atom stereocenters. The molecular weight excluding hydrogens is 442 g/mol. The number of H-pyrrole nitrogens is 1. The summed E-state index contributed by atoms with van der Waals surface area (Å²) in [5.41, 5.74) is 3.00. The summed E-state index contributed by atoms with van der Waals surface area (Å²) in [5.74, 6) is -0.810. The number of carbonyl (C=O) groups excluding carboxylic acids is 2. The largest absolute Gasteiger partial charge is 0.464 e. The lowest BCUT2D eigenvalue weighted by molar-refractivity contribution is -0.144. The number of ether oxygens (including phenoxy) is 1. The molecule has 0 saturated carbocycles. The molecule has 0 aliphatic heterocycles. The summed E-state index contributed by atoms with van der Waals surface area (Å²) in [5, 5.41) is 18.0. The van der Waals surface area contributed by atoms with Crippen molar-refractivity contribution in [3.63, 3.8) is 0 Å². The van der Waals surface area contributed by atoms with E-state index in [9.17, 15) is 14.7 Å². The first-order valence-corrected chi connectivity index (χ1v) is 11.4. The number of halogens is 1. The fraction of sp³-hybridized carbons (Fsp3) is 0.360. The molecule has 0 saturated heterocycles. The Hall–Kier alpha value is -2.87. The SMILES string of the molecule is CCOC(=O)[C@H](C)NC(=O)c1cccc2c(C[C@@H](C)NC[C@H](O)c3cccc(Cl)c3)c[nH]c12. The number of rotatable bonds is 10. The van der Waals surface area contributed by atoms with Gasteiger partial charge in [0.2, 0.25) is 0 Å². The minimum Gasteiger partial charge on any atom is -0.464 e. The molecule has 8 heteroatoms. The molecule has 176 valence electrons. The first kappa shape index (κ1) is 24.8. The van der Waals surface area contributed by atoms with Crippen molar-refractivity contribution in [2.45, 2.75) is 45.4 Å². The third-order valence-corrected chi connectivity index (χ3v) is 5.69. The van der Waals surface area contributed by atoms with Crippen molar-refractivity contribution in [3.8, 4) is 0 Å². The van der Waals surface area contributed by atoms with Crippen molar-refractivity contribution in [2.24, 2.45) is 0 Å². The molecule has 0 fully saturated rings. The average molecular weight is 472 g/mol. The molecule has 2 aromatic carbocycles. The van der Waals surface area contributed by atoms with Gasteiger partial charge in [0.1, 0.15) is 6.04 Å². The van der Waals surface area contributed by atoms with Crippen molar-refractivity contribution >= 4 is 34.4 Å². The number of aliphatic hydroxyl groups excluding tert-OH is 1. The van der Waals surface area contributed by atoms with Crippen LogP contribution in [0.25, 0.3) is 10.9 Å². The molecule has 3 aromatic rings. The molecule has 3 atom stereocenters. The number of carbonyl (C=O) groups is 2. The molecule has 0 aliphatic rings. The number of fused-ring (bicyclic) bond motifs is 1. The van der Waals surface area contributed by atoms with Gasteiger partial charge >= 0.3 is 5.97 Å². The highest BCUT2D eigenvalue weighted by atomic mass is 35.5. The van der Waals surface area contributed by atoms with Crippen LogP contribution in [0.4, 0.5) is 0 Å². The van der Waals surface area contributed by atoms with Crippen molar-refractivity contribution in [2.75, 3.05) is 13.2 Å². The molecule has 33 heavy (non-hydrogen) atoms. The number of benzene rings is 2. The van der Waals surface area contributed by atoms with Gasteiger partial charge < -0.3 is 25.5 Å². The maximum absolute atomic E-state index is 12.8. The van der Waals surface area contributed by atoms with E-state index in [1.165, 1.54) is 0 Å². The number of hydrogen-bond donors (Lipinski definition) is 4. The summed E-state index contributed by atoms with van der Waals surface area (Å²) in [6.07, 6.45) is 1.93. The first-order valence-electron chi connectivity index (χ1n) is 11.0. The van der Waals surface area contributed by atoms with Gasteiger partial charge in [-0.3, -0.25) is 4.79 Å². The van der Waals surface area contributed by atoms with E-state index < -0.39 is 18.1 Å². The Morgan fingerprint density at radius 2 is 1.94 bits per heavy atom. The predicted molar refractivity (Wildman–Crippen MR) is 129 cm³/mol. The summed E-state index contributed by atoms with van der Waals surface area (Å²) < 4.78 is 4.96. The minimum atomic E-state index is -0.739. The van der Waals surface area contributed by atoms with Gasteiger partial charge in [-0.25, -0.2) is 4.79 Å². The van der Waals surface area contributed by atoms with Crippen LogP contribution in [-0.2, 0) is 16.0 Å². The summed E-state index contributed by atoms with van der Waals surface area (Å²) in [4.78, 5) is 27.8. The van der Waals surface area contributed by atoms with Gasteiger partial charge in [-0.15, -0.1) is 0 Å². The third-order valence-electron chi connectivity index (χ3n) is 5.45. The Bertz CT molecular complexity index is 1110. The molecule has 0 radical (unpaired) electrons. The van der Waals surface area contributed by atoms with Crippen molar-refractivity contribution < 1.29 is 19.4 Å². The second-order valence-electron chi connectivity index (χ2n) is 8.07. The topological polar surface area (TPSA) is 103 Å². The summed E-state index contributed by atoms with van der Waals surface area (Å²) >= 11 is 6.01. The Morgan fingerprint density at radius 3 is 2.67 bits per heavy atom. The normalized spacial score (nSPS) is 14.0. The zero-order chi connectivity index (χ0) is 24.0. The zero-order valence-corrected chi connectivity index (χ0v) is 19.8. The molecule has 0 bridgehead atoms. The Morgan fingerprint density at radius 1 is 1.18 bits per heavy atom. The summed E-state index contributed by atoms with van der Waals surface area (Å²) in [7, 11) is 0. The van der Waals surface area contributed by atoms with Gasteiger partial charge in [-0.05, 0) is 56.5 Å². The minimum absolute atomic E-state index is 0.0825. The van der Waals surface area contributed by atoms with E-state index in [-0.39, 0.29) is 18.6 Å². The monoisotopic (exact) mass is 471 g/mol. The van der Waals surface area contributed by atoms with Gasteiger partial charge in [0, 0.05) is 29.2 Å². The number of aromatic amines is 1. The number of esters is 1. The van der Waals surface area contributed by atoms with E-state index in [0.29, 0.717) is 29.1 Å². The highest BCUT2D eigenvalue weighted by molar-refractivity contribution is 6.30. The lowest BCUT2D eigenvalue weighted by Crippen LogP contribution is -2.39. The van der Waals surface area contributed by atoms with Crippen LogP contribution in [0.3, 0.4) is 0 Å². The molecule has 1 aromatic heterocycles. The van der Waals surface area contributed by atoms with Crippen LogP contribution in [0.5, 0.6) is 0 Å². The van der Waals surface area contributed by atoms with E-state index >= 15 is 0 Å². The van der Waals surface area contributed by atoms with Crippen LogP contribution < -0.4 is 10.6 Å². The van der Waals surface area contributed by atoms with Crippen LogP contribution in [0, 0.1) is 0 Å². The lowest BCUT2D eigenvalue weighted by atomic mass is 10.0. The number of aliphatic hydroxyl groups is 1. The van der Waals surface area contributed by atoms with Gasteiger partial charge in [0.25, 0.3) is 5.91 Å². The maximum Gasteiger partial charge on any atom is 0.328 e. The van der Waals surface area contributed by atoms with Gasteiger partial charge in [-0.2, -0.15) is 0 Å². The van der Waals surface area contributed by atoms with Crippen LogP contribution in [0.1, 0.15) is 48.4 Å². The van der Waals surface area contributed by atoms with E-state index in [4.69, 9.17) is 16.3 Å². The second kappa shape index (κ2) is 11.3. The molecule has 4 N–H and O–H groups in total. The van der Waals surface area contributed by atoms with E-state index in [1.54, 1.807) is 32.0 Å². The standard InChI is InChI=1S/C25H30ClN3O4/c1-4-33-25(32)16(3)29-24(31)21-10-6-9-20-18(13-28-23(20)21)11-15(2)27-14-22(30)17-7-5-8-19(26)12-17/h5-10,12-13,15-16,22,27-28,30H,4,11,14H2,1-3H3,(H,29,31)/t15-,16+,22+/m1/s1. The van der Waals surface area contributed by atoms with Crippen molar-refractivity contribution in [1.82, 2.24) is 15.6 Å². The van der Waals surface area contributed by atoms with Crippen LogP contribution >= 0.6 is 11.6 Å². The van der Waals surface area contributed by atoms with Crippen LogP contribution in [0.15, 0.2) is 48.7 Å². The van der Waals surface area contributed by atoms with Crippen molar-refractivity contribution in [1.29, 1.82) is 0 Å². The third kappa shape index (κ3) is 6.35. The molecule has 1 amide bonds. The smallest absolute Gasteiger partial charge is 0.328 e. The highest BCUT2D eigenvalue weighted by Crippen LogP contribution is 2.23. The molecule has 1 heterocycles. The summed E-state index contributed by atoms with van der Waals surface area (Å²) in [6.45, 7) is 6.02. The first-order chi connectivity index (χ1) is 15.8. The predicted octanol–water partition coefficient (Wildman–Crippen LogP) is 3.76. The Balaban J connectivity index is 1.65. The van der Waals surface area contributed by atoms with E-state index in [2.05, 4.69) is 15.6 Å². The highest BCUT2D eigenvalue weighted by Gasteiger charge is 2.20. The average Bonchev–Trinajstić information content (AvgIpc) is 3.20. The molecule has 0 aliphatic carbocycles. The van der Waals surface area contributed by atoms with Crippen LogP contribution in [0.2, 0.25) is 5.02 Å². The Kier molecular flexibility index (Phi) is 8.49. The fourth-order valence-electron chi connectivity index (χ4n) is 3.72. The number of aromatic nitrogens is 1. The van der Waals surface area contributed by atoms with E-state index in [0.717, 1.165) is 16.5 Å². The van der Waals surface area contributed by atoms with Gasteiger partial charge in [-0.1, -0.05) is 35.9 Å². The van der Waals surface area contributed by atoms with E-state index in [1.807, 2.05) is 37.4 Å². The Labute approximate surface area is 198 Å². The fourth-order valence-corrected chi connectivity index (χ4v) is 3.92. The number of para-hydroxylation sites is 1. The molecule has 7 nitrogen and oxygen atoms in total. The zero-order valence-electron chi connectivity index (χ0n) is 19.0. The quantitative estimate of drug-likeness (QED) is 0.337. The number of hydrogen-bond acceptors (Lipinski definition) is 5. The molecular formula is C25H30ClN3O4.